The summed E-state index contributed by atoms with van der Waals surface area (Å²) in [5.74, 6) is 0. The summed E-state index contributed by atoms with van der Waals surface area (Å²) in [5, 5.41) is -0.0935. The van der Waals surface area contributed by atoms with Gasteiger partial charge >= 0.3 is 0 Å². The second-order valence-electron chi connectivity index (χ2n) is 5.38. The van der Waals surface area contributed by atoms with Crippen molar-refractivity contribution >= 4 is 9.24 Å². The minimum Gasteiger partial charge on any atom is -0.222 e. The molecule has 0 aromatic heterocycles. The molecule has 0 aliphatic carbocycles. The van der Waals surface area contributed by atoms with Crippen LogP contribution in [0.4, 0.5) is 0 Å². The number of rotatable bonds is 3. The van der Waals surface area contributed by atoms with Gasteiger partial charge in [-0.1, -0.05) is 91.0 Å². The van der Waals surface area contributed by atoms with Gasteiger partial charge in [-0.25, -0.2) is 18.6 Å². The predicted molar refractivity (Wildman–Crippen MR) is 90.3 cm³/mol. The topological polar surface area (TPSA) is 92.2 Å². The molecule has 1 unspecified atom stereocenters. The maximum Gasteiger partial charge on any atom is 0.147 e. The molecule has 0 aliphatic heterocycles. The van der Waals surface area contributed by atoms with Crippen LogP contribution < -0.4 is 18.6 Å². The highest BCUT2D eigenvalue weighted by Gasteiger charge is 2.35. The van der Waals surface area contributed by atoms with Crippen LogP contribution in [-0.2, 0) is 5.16 Å². The van der Waals surface area contributed by atoms with E-state index in [1.54, 1.807) is 0 Å². The molecule has 25 heavy (non-hydrogen) atoms. The lowest BCUT2D eigenvalue weighted by molar-refractivity contribution is -2.00. The number of hydrogen-bond acceptors (Lipinski definition) is 4. The van der Waals surface area contributed by atoms with Gasteiger partial charge < -0.3 is 0 Å². The first-order valence-corrected chi connectivity index (χ1v) is 9.39. The summed E-state index contributed by atoms with van der Waals surface area (Å²) in [7, 11) is -2.90. The summed E-state index contributed by atoms with van der Waals surface area (Å²) in [6, 6.07) is 32.2. The van der Waals surface area contributed by atoms with Gasteiger partial charge in [0, 0.05) is 16.7 Å². The molecule has 0 saturated carbocycles. The fourth-order valence-electron chi connectivity index (χ4n) is 2.67. The van der Waals surface area contributed by atoms with Crippen molar-refractivity contribution in [2.24, 2.45) is 0 Å². The highest BCUT2D eigenvalue weighted by atomic mass is 35.7. The molecule has 4 nitrogen and oxygen atoms in total. The van der Waals surface area contributed by atoms with E-state index < -0.39 is 10.2 Å². The van der Waals surface area contributed by atoms with E-state index in [1.807, 2.05) is 9.24 Å². The van der Waals surface area contributed by atoms with Gasteiger partial charge in [-0.15, -0.1) is 10.2 Å². The summed E-state index contributed by atoms with van der Waals surface area (Å²) in [6.07, 6.45) is 0. The lowest BCUT2D eigenvalue weighted by atomic mass is 9.84. The van der Waals surface area contributed by atoms with E-state index in [-0.39, 0.29) is 5.16 Å². The maximum atomic E-state index is 8.49. The van der Waals surface area contributed by atoms with Crippen molar-refractivity contribution in [2.45, 2.75) is 5.16 Å². The van der Waals surface area contributed by atoms with Crippen molar-refractivity contribution in [1.82, 2.24) is 0 Å². The Morgan fingerprint density at radius 3 is 0.920 bits per heavy atom. The molecule has 0 bridgehead atoms. The fraction of sp³-hybridized carbons (Fsp3) is 0.0526. The van der Waals surface area contributed by atoms with E-state index in [1.165, 1.54) is 16.7 Å². The Morgan fingerprint density at radius 1 is 0.520 bits per heavy atom. The molecule has 0 heterocycles. The van der Waals surface area contributed by atoms with Gasteiger partial charge in [0.05, 0.1) is 0 Å². The Morgan fingerprint density at radius 2 is 0.720 bits per heavy atom. The fourth-order valence-corrected chi connectivity index (χ4v) is 3.38. The molecule has 0 spiro atoms. The highest BCUT2D eigenvalue weighted by molar-refractivity contribution is 7.19. The first-order chi connectivity index (χ1) is 11.8. The molecule has 130 valence electrons. The van der Waals surface area contributed by atoms with Gasteiger partial charge in [-0.2, -0.15) is 0 Å². The van der Waals surface area contributed by atoms with E-state index in [0.717, 1.165) is 0 Å². The normalized spacial score (nSPS) is 11.5. The zero-order valence-electron chi connectivity index (χ0n) is 13.4. The molecule has 1 atom stereocenters. The van der Waals surface area contributed by atoms with Gasteiger partial charge in [-0.05, 0) is 9.24 Å². The van der Waals surface area contributed by atoms with Crippen LogP contribution in [0.1, 0.15) is 16.7 Å². The Bertz CT molecular complexity index is 659. The molecule has 6 heteroatoms. The highest BCUT2D eigenvalue weighted by Crippen LogP contribution is 2.44. The molecule has 0 radical (unpaired) electrons. The van der Waals surface area contributed by atoms with E-state index in [2.05, 4.69) is 91.0 Å². The lowest BCUT2D eigenvalue weighted by Gasteiger charge is -2.26. The van der Waals surface area contributed by atoms with Crippen molar-refractivity contribution in [2.75, 3.05) is 0 Å². The van der Waals surface area contributed by atoms with Crippen LogP contribution in [0.5, 0.6) is 0 Å². The Balaban J connectivity index is 0.000000399. The largest absolute Gasteiger partial charge is 0.222 e. The van der Waals surface area contributed by atoms with Crippen molar-refractivity contribution in [3.8, 4) is 0 Å². The smallest absolute Gasteiger partial charge is 0.147 e. The Kier molecular flexibility index (Phi) is 6.68. The monoisotopic (exact) mass is 376 g/mol. The zero-order valence-corrected chi connectivity index (χ0v) is 15.5. The molecule has 0 amide bonds. The van der Waals surface area contributed by atoms with Crippen molar-refractivity contribution in [3.05, 3.63) is 108 Å². The molecule has 0 N–H and O–H groups in total. The zero-order chi connectivity index (χ0) is 18.3. The van der Waals surface area contributed by atoms with Crippen LogP contribution in [0.25, 0.3) is 0 Å². The van der Waals surface area contributed by atoms with E-state index in [9.17, 15) is 0 Å². The number of benzene rings is 3. The molecular formula is C19H18ClO4P. The van der Waals surface area contributed by atoms with Gasteiger partial charge in [0.15, 0.2) is 0 Å². The van der Waals surface area contributed by atoms with Crippen LogP contribution in [0, 0.1) is 10.2 Å². The lowest BCUT2D eigenvalue weighted by Crippen LogP contribution is -2.68. The molecule has 3 aromatic carbocycles. The minimum absolute atomic E-state index is 0.0935. The van der Waals surface area contributed by atoms with Crippen LogP contribution in [0.3, 0.4) is 0 Å². The first kappa shape index (κ1) is 19.5. The summed E-state index contributed by atoms with van der Waals surface area (Å²) in [5.41, 5.74) is 3.99. The number of halogens is 1. The van der Waals surface area contributed by atoms with Gasteiger partial charge in [0.2, 0.25) is 0 Å². The van der Waals surface area contributed by atoms with Crippen LogP contribution in [0.2, 0.25) is 0 Å². The standard InChI is InChI=1S/C19H17P.ClHO4/c20-19(16-10-4-1-5-11-16,17-12-6-2-7-13-17)18-14-8-3-9-15-18;2-1(3,4)5/h1-15H,20H2;(H,2,3,4,5). The average molecular weight is 377 g/mol. The molecule has 0 saturated heterocycles. The van der Waals surface area contributed by atoms with E-state index >= 15 is 0 Å². The third-order valence-electron chi connectivity index (χ3n) is 3.80. The predicted octanol–water partition coefficient (Wildman–Crippen LogP) is -0.170. The van der Waals surface area contributed by atoms with Crippen molar-refractivity contribution < 1.29 is 28.9 Å². The summed E-state index contributed by atoms with van der Waals surface area (Å²) in [6.45, 7) is 0. The van der Waals surface area contributed by atoms with Crippen molar-refractivity contribution in [3.63, 3.8) is 0 Å². The number of hydrogen-bond donors (Lipinski definition) is 0. The Hall–Kier alpha value is -1.78. The van der Waals surface area contributed by atoms with Gasteiger partial charge in [0.1, 0.15) is 5.16 Å². The van der Waals surface area contributed by atoms with Gasteiger partial charge in [-0.3, -0.25) is 0 Å². The molecule has 3 aromatic rings. The minimum atomic E-state index is -4.94. The summed E-state index contributed by atoms with van der Waals surface area (Å²) < 4.78 is 34.0. The first-order valence-electron chi connectivity index (χ1n) is 7.45. The van der Waals surface area contributed by atoms with Gasteiger partial charge in [0.25, 0.3) is 0 Å². The molecular weight excluding hydrogens is 359 g/mol. The van der Waals surface area contributed by atoms with Crippen molar-refractivity contribution in [1.29, 1.82) is 0 Å². The van der Waals surface area contributed by atoms with E-state index in [4.69, 9.17) is 18.6 Å². The quantitative estimate of drug-likeness (QED) is 0.468. The summed E-state index contributed by atoms with van der Waals surface area (Å²) in [4.78, 5) is 0. The maximum absolute atomic E-state index is 8.49. The molecule has 3 rings (SSSR count). The van der Waals surface area contributed by atoms with Crippen LogP contribution in [0.15, 0.2) is 91.0 Å². The van der Waals surface area contributed by atoms with E-state index in [0.29, 0.717) is 0 Å². The second kappa shape index (κ2) is 8.54. The average Bonchev–Trinajstić information content (AvgIpc) is 2.62. The second-order valence-corrected chi connectivity index (χ2v) is 7.20. The Labute approximate surface area is 151 Å². The van der Waals surface area contributed by atoms with Crippen LogP contribution in [-0.4, -0.2) is 0 Å². The molecule has 0 aliphatic rings. The molecule has 0 fully saturated rings. The third-order valence-corrected chi connectivity index (χ3v) is 5.02. The summed E-state index contributed by atoms with van der Waals surface area (Å²) >= 11 is 0. The SMILES string of the molecule is [O-][Cl+3]([O-])([O-])[O-].[PH3+]C(c1ccccc1)(c1ccccc1)c1ccccc1. The third kappa shape index (κ3) is 5.62. The van der Waals surface area contributed by atoms with Crippen LogP contribution >= 0.6 is 9.24 Å².